The Balaban J connectivity index is 3.22. The number of hydrogen-bond acceptors (Lipinski definition) is 2. The number of nitrogens with zero attached hydrogens (tertiary/aromatic N) is 2. The molecule has 0 N–H and O–H groups in total. The van der Waals surface area contributed by atoms with E-state index in [-0.39, 0.29) is 12.1 Å². The molecular weight excluding hydrogens is 301 g/mol. The van der Waals surface area contributed by atoms with Crippen LogP contribution >= 0.6 is 22.6 Å². The molecule has 0 aliphatic carbocycles. The zero-order valence-electron chi connectivity index (χ0n) is 7.39. The molecule has 0 aliphatic heterocycles. The Morgan fingerprint density at radius 2 is 2.29 bits per heavy atom. The molecule has 5 heteroatoms. The van der Waals surface area contributed by atoms with Crippen LogP contribution in [0.25, 0.3) is 0 Å². The van der Waals surface area contributed by atoms with Gasteiger partial charge in [0.25, 0.3) is 6.43 Å². The van der Waals surface area contributed by atoms with Crippen molar-refractivity contribution in [1.29, 1.82) is 5.26 Å². The van der Waals surface area contributed by atoms with E-state index in [0.29, 0.717) is 5.69 Å². The first-order valence-electron chi connectivity index (χ1n) is 3.87. The maximum Gasteiger partial charge on any atom is 0.280 e. The Hall–Kier alpha value is -0.770. The maximum atomic E-state index is 12.4. The second kappa shape index (κ2) is 4.64. The molecule has 14 heavy (non-hydrogen) atoms. The zero-order valence-corrected chi connectivity index (χ0v) is 9.55. The van der Waals surface area contributed by atoms with E-state index in [1.807, 2.05) is 28.7 Å². The van der Waals surface area contributed by atoms with Gasteiger partial charge in [0.2, 0.25) is 0 Å². The van der Waals surface area contributed by atoms with Crippen molar-refractivity contribution in [3.05, 3.63) is 26.6 Å². The van der Waals surface area contributed by atoms with Crippen LogP contribution in [0.4, 0.5) is 8.78 Å². The number of pyridine rings is 1. The van der Waals surface area contributed by atoms with Gasteiger partial charge in [-0.1, -0.05) is 0 Å². The van der Waals surface area contributed by atoms with Crippen LogP contribution in [0.5, 0.6) is 0 Å². The average molecular weight is 308 g/mol. The van der Waals surface area contributed by atoms with Crippen molar-refractivity contribution in [2.45, 2.75) is 19.8 Å². The Kier molecular flexibility index (Phi) is 3.75. The number of nitriles is 1. The molecule has 0 amide bonds. The molecule has 0 fully saturated rings. The van der Waals surface area contributed by atoms with E-state index in [2.05, 4.69) is 4.98 Å². The van der Waals surface area contributed by atoms with Crippen LogP contribution in [0.15, 0.2) is 6.07 Å². The molecule has 0 radical (unpaired) electrons. The van der Waals surface area contributed by atoms with Gasteiger partial charge < -0.3 is 0 Å². The molecule has 2 nitrogen and oxygen atoms in total. The van der Waals surface area contributed by atoms with E-state index in [9.17, 15) is 8.78 Å². The lowest BCUT2D eigenvalue weighted by Crippen LogP contribution is -2.01. The highest BCUT2D eigenvalue weighted by Crippen LogP contribution is 2.22. The molecule has 0 aromatic carbocycles. The zero-order chi connectivity index (χ0) is 10.7. The summed E-state index contributed by atoms with van der Waals surface area (Å²) in [5.41, 5.74) is 0.983. The summed E-state index contributed by atoms with van der Waals surface area (Å²) < 4.78 is 25.4. The number of hydrogen-bond donors (Lipinski definition) is 0. The molecular formula is C9H7F2IN2. The monoisotopic (exact) mass is 308 g/mol. The standard InChI is InChI=1S/C9H7F2IN2/c1-5-6(12)4-8(9(10)11)14-7(5)2-3-13/h4,9H,2H2,1H3. The fraction of sp³-hybridized carbons (Fsp3) is 0.333. The van der Waals surface area contributed by atoms with Crippen LogP contribution in [0.1, 0.15) is 23.4 Å². The predicted molar refractivity (Wildman–Crippen MR) is 56.0 cm³/mol. The SMILES string of the molecule is Cc1c(I)cc(C(F)F)nc1CC#N. The van der Waals surface area contributed by atoms with Crippen LogP contribution < -0.4 is 0 Å². The van der Waals surface area contributed by atoms with Gasteiger partial charge in [-0.15, -0.1) is 0 Å². The number of aromatic nitrogens is 1. The summed E-state index contributed by atoms with van der Waals surface area (Å²) >= 11 is 1.97. The third-order valence-corrected chi connectivity index (χ3v) is 2.92. The van der Waals surface area contributed by atoms with Crippen molar-refractivity contribution in [1.82, 2.24) is 4.98 Å². The number of alkyl halides is 2. The van der Waals surface area contributed by atoms with Gasteiger partial charge in [0.15, 0.2) is 0 Å². The number of rotatable bonds is 2. The highest BCUT2D eigenvalue weighted by Gasteiger charge is 2.13. The molecule has 0 saturated heterocycles. The van der Waals surface area contributed by atoms with E-state index in [4.69, 9.17) is 5.26 Å². The molecule has 0 bridgehead atoms. The maximum absolute atomic E-state index is 12.4. The molecule has 1 rings (SSSR count). The number of halogens is 3. The highest BCUT2D eigenvalue weighted by molar-refractivity contribution is 14.1. The quantitative estimate of drug-likeness (QED) is 0.788. The van der Waals surface area contributed by atoms with Gasteiger partial charge in [-0.05, 0) is 41.1 Å². The molecule has 0 unspecified atom stereocenters. The van der Waals surface area contributed by atoms with E-state index in [0.717, 1.165) is 9.13 Å². The summed E-state index contributed by atoms with van der Waals surface area (Å²) in [7, 11) is 0. The Bertz CT molecular complexity index is 385. The highest BCUT2D eigenvalue weighted by atomic mass is 127. The molecule has 0 saturated carbocycles. The normalized spacial score (nSPS) is 10.3. The molecule has 1 aromatic rings. The van der Waals surface area contributed by atoms with Crippen molar-refractivity contribution in [2.75, 3.05) is 0 Å². The summed E-state index contributed by atoms with van der Waals surface area (Å²) in [5, 5.41) is 8.48. The van der Waals surface area contributed by atoms with Crippen LogP contribution in [0, 0.1) is 21.8 Å². The fourth-order valence-electron chi connectivity index (χ4n) is 1.01. The Morgan fingerprint density at radius 1 is 1.64 bits per heavy atom. The predicted octanol–water partition coefficient (Wildman–Crippen LogP) is 3.00. The first-order chi connectivity index (χ1) is 6.56. The average Bonchev–Trinajstić information content (AvgIpc) is 2.12. The van der Waals surface area contributed by atoms with Crippen molar-refractivity contribution in [3.8, 4) is 6.07 Å². The van der Waals surface area contributed by atoms with E-state index in [1.54, 1.807) is 6.92 Å². The van der Waals surface area contributed by atoms with E-state index >= 15 is 0 Å². The van der Waals surface area contributed by atoms with Crippen molar-refractivity contribution < 1.29 is 8.78 Å². The third kappa shape index (κ3) is 2.38. The summed E-state index contributed by atoms with van der Waals surface area (Å²) in [6.45, 7) is 1.77. The summed E-state index contributed by atoms with van der Waals surface area (Å²) in [5.74, 6) is 0. The molecule has 0 aliphatic rings. The van der Waals surface area contributed by atoms with E-state index < -0.39 is 6.43 Å². The van der Waals surface area contributed by atoms with Gasteiger partial charge in [-0.3, -0.25) is 4.98 Å². The lowest BCUT2D eigenvalue weighted by Gasteiger charge is -2.07. The second-order valence-electron chi connectivity index (χ2n) is 2.74. The van der Waals surface area contributed by atoms with Crippen molar-refractivity contribution >= 4 is 22.6 Å². The first-order valence-corrected chi connectivity index (χ1v) is 4.95. The van der Waals surface area contributed by atoms with Gasteiger partial charge in [-0.2, -0.15) is 5.26 Å². The molecule has 0 spiro atoms. The minimum atomic E-state index is -2.58. The van der Waals surface area contributed by atoms with Gasteiger partial charge in [0.05, 0.1) is 18.2 Å². The second-order valence-corrected chi connectivity index (χ2v) is 3.90. The summed E-state index contributed by atoms with van der Waals surface area (Å²) in [6, 6.07) is 3.26. The fourth-order valence-corrected chi connectivity index (χ4v) is 1.64. The Labute approximate surface area is 94.1 Å². The molecule has 0 atom stereocenters. The molecule has 1 aromatic heterocycles. The van der Waals surface area contributed by atoms with Crippen LogP contribution in [0.3, 0.4) is 0 Å². The topological polar surface area (TPSA) is 36.7 Å². The largest absolute Gasteiger partial charge is 0.280 e. The van der Waals surface area contributed by atoms with Crippen LogP contribution in [0.2, 0.25) is 0 Å². The van der Waals surface area contributed by atoms with E-state index in [1.165, 1.54) is 6.07 Å². The van der Waals surface area contributed by atoms with Crippen LogP contribution in [-0.2, 0) is 6.42 Å². The van der Waals surface area contributed by atoms with Crippen LogP contribution in [-0.4, -0.2) is 4.98 Å². The van der Waals surface area contributed by atoms with Gasteiger partial charge >= 0.3 is 0 Å². The Morgan fingerprint density at radius 3 is 2.79 bits per heavy atom. The summed E-state index contributed by atoms with van der Waals surface area (Å²) in [6.07, 6.45) is -2.51. The van der Waals surface area contributed by atoms with Gasteiger partial charge in [0.1, 0.15) is 5.69 Å². The third-order valence-electron chi connectivity index (χ3n) is 1.80. The minimum absolute atomic E-state index is 0.0718. The summed E-state index contributed by atoms with van der Waals surface area (Å²) in [4.78, 5) is 3.75. The van der Waals surface area contributed by atoms with Crippen molar-refractivity contribution in [3.63, 3.8) is 0 Å². The molecule has 74 valence electrons. The minimum Gasteiger partial charge on any atom is -0.250 e. The smallest absolute Gasteiger partial charge is 0.250 e. The first kappa shape index (κ1) is 11.3. The lowest BCUT2D eigenvalue weighted by molar-refractivity contribution is 0.145. The van der Waals surface area contributed by atoms with Crippen molar-refractivity contribution in [2.24, 2.45) is 0 Å². The van der Waals surface area contributed by atoms with Gasteiger partial charge in [-0.25, -0.2) is 8.78 Å². The van der Waals surface area contributed by atoms with Gasteiger partial charge in [0, 0.05) is 3.57 Å². The molecule has 1 heterocycles. The lowest BCUT2D eigenvalue weighted by atomic mass is 10.1.